The van der Waals surface area contributed by atoms with Crippen LogP contribution in [0.1, 0.15) is 36.0 Å². The van der Waals surface area contributed by atoms with Gasteiger partial charge in [-0.2, -0.15) is 13.2 Å². The Hall–Kier alpha value is -2.05. The van der Waals surface area contributed by atoms with Gasteiger partial charge >= 0.3 is 6.18 Å². The number of hydrogen-bond acceptors (Lipinski definition) is 3. The molecule has 1 saturated heterocycles. The largest absolute Gasteiger partial charge is 0.433 e. The molecule has 124 valence electrons. The molecule has 0 saturated carbocycles. The molecule has 1 fully saturated rings. The average Bonchev–Trinajstić information content (AvgIpc) is 2.86. The van der Waals surface area contributed by atoms with Gasteiger partial charge in [0.25, 0.3) is 0 Å². The van der Waals surface area contributed by atoms with Gasteiger partial charge in [0.15, 0.2) is 0 Å². The number of nitrogens with zero attached hydrogens (tertiary/aromatic N) is 4. The maximum atomic E-state index is 12.8. The molecule has 1 aliphatic rings. The Morgan fingerprint density at radius 2 is 1.65 bits per heavy atom. The molecule has 0 aliphatic carbocycles. The highest BCUT2D eigenvalue weighted by Gasteiger charge is 2.33. The van der Waals surface area contributed by atoms with E-state index >= 15 is 0 Å². The molecule has 0 unspecified atom stereocenters. The van der Waals surface area contributed by atoms with Gasteiger partial charge in [0, 0.05) is 36.7 Å². The summed E-state index contributed by atoms with van der Waals surface area (Å²) < 4.78 is 40.6. The summed E-state index contributed by atoms with van der Waals surface area (Å²) in [5, 5.41) is 0. The van der Waals surface area contributed by atoms with E-state index in [1.54, 1.807) is 0 Å². The molecule has 7 heteroatoms. The Labute approximate surface area is 133 Å². The minimum Gasteiger partial charge on any atom is -0.346 e. The van der Waals surface area contributed by atoms with Crippen molar-refractivity contribution in [2.45, 2.75) is 38.9 Å². The molecule has 0 amide bonds. The highest BCUT2D eigenvalue weighted by molar-refractivity contribution is 5.32. The van der Waals surface area contributed by atoms with Gasteiger partial charge in [0.1, 0.15) is 5.69 Å². The van der Waals surface area contributed by atoms with Crippen molar-refractivity contribution in [3.8, 4) is 0 Å². The molecule has 2 aromatic heterocycles. The maximum absolute atomic E-state index is 12.8. The van der Waals surface area contributed by atoms with Crippen molar-refractivity contribution in [3.63, 3.8) is 0 Å². The monoisotopic (exact) mass is 324 g/mol. The van der Waals surface area contributed by atoms with Crippen molar-refractivity contribution in [1.82, 2.24) is 14.5 Å². The van der Waals surface area contributed by atoms with Crippen LogP contribution in [0.2, 0.25) is 0 Å². The number of rotatable bonds is 2. The van der Waals surface area contributed by atoms with Gasteiger partial charge in [0.05, 0.1) is 0 Å². The molecule has 1 aliphatic heterocycles. The molecular weight excluding hydrogens is 305 g/mol. The average molecular weight is 324 g/mol. The molecule has 3 rings (SSSR count). The third-order valence-electron chi connectivity index (χ3n) is 4.37. The fourth-order valence-electron chi connectivity index (χ4n) is 3.24. The zero-order chi connectivity index (χ0) is 16.6. The molecule has 4 nitrogen and oxygen atoms in total. The molecular formula is C16H19F3N4. The van der Waals surface area contributed by atoms with Crippen LogP contribution in [0.25, 0.3) is 0 Å². The highest BCUT2D eigenvalue weighted by atomic mass is 19.4. The first-order valence-corrected chi connectivity index (χ1v) is 7.66. The minimum absolute atomic E-state index is 0.166. The number of alkyl halides is 3. The lowest BCUT2D eigenvalue weighted by Gasteiger charge is -2.34. The molecule has 3 heterocycles. The Morgan fingerprint density at radius 3 is 2.22 bits per heavy atom. The standard InChI is InChI=1S/C16H19F3N4/c1-11-3-4-12(2)23(11)13-6-9-22(10-7-13)15-20-8-5-14(21-15)16(17,18)19/h3-5,8,13H,6-7,9-10H2,1-2H3. The van der Waals surface area contributed by atoms with Gasteiger partial charge in [-0.05, 0) is 44.9 Å². The van der Waals surface area contributed by atoms with E-state index in [4.69, 9.17) is 0 Å². The second kappa shape index (κ2) is 5.86. The van der Waals surface area contributed by atoms with E-state index in [0.717, 1.165) is 18.9 Å². The Bertz CT molecular complexity index is 665. The van der Waals surface area contributed by atoms with Gasteiger partial charge in [-0.25, -0.2) is 9.97 Å². The summed E-state index contributed by atoms with van der Waals surface area (Å²) in [6, 6.07) is 5.48. The number of aryl methyl sites for hydroxylation is 2. The Balaban J connectivity index is 1.72. The fourth-order valence-corrected chi connectivity index (χ4v) is 3.24. The second-order valence-electron chi connectivity index (χ2n) is 5.94. The van der Waals surface area contributed by atoms with Gasteiger partial charge in [0.2, 0.25) is 5.95 Å². The smallest absolute Gasteiger partial charge is 0.346 e. The Morgan fingerprint density at radius 1 is 1.04 bits per heavy atom. The summed E-state index contributed by atoms with van der Waals surface area (Å²) in [4.78, 5) is 9.51. The van der Waals surface area contributed by atoms with Crippen LogP contribution < -0.4 is 4.90 Å². The van der Waals surface area contributed by atoms with Crippen LogP contribution >= 0.6 is 0 Å². The lowest BCUT2D eigenvalue weighted by Crippen LogP contribution is -2.36. The molecule has 2 aromatic rings. The second-order valence-corrected chi connectivity index (χ2v) is 5.94. The Kier molecular flexibility index (Phi) is 4.04. The predicted octanol–water partition coefficient (Wildman–Crippen LogP) is 3.76. The van der Waals surface area contributed by atoms with Crippen LogP contribution in [0.5, 0.6) is 0 Å². The predicted molar refractivity (Wildman–Crippen MR) is 81.4 cm³/mol. The van der Waals surface area contributed by atoms with E-state index < -0.39 is 11.9 Å². The number of hydrogen-bond donors (Lipinski definition) is 0. The van der Waals surface area contributed by atoms with Gasteiger partial charge in [-0.15, -0.1) is 0 Å². The van der Waals surface area contributed by atoms with Crippen LogP contribution in [-0.2, 0) is 6.18 Å². The summed E-state index contributed by atoms with van der Waals surface area (Å²) in [6.07, 6.45) is -1.52. The van der Waals surface area contributed by atoms with E-state index in [9.17, 15) is 13.2 Å². The van der Waals surface area contributed by atoms with Crippen molar-refractivity contribution in [2.24, 2.45) is 0 Å². The zero-order valence-corrected chi connectivity index (χ0v) is 13.1. The third kappa shape index (κ3) is 3.18. The van der Waals surface area contributed by atoms with Crippen LogP contribution in [0.4, 0.5) is 19.1 Å². The minimum atomic E-state index is -4.44. The van der Waals surface area contributed by atoms with Gasteiger partial charge < -0.3 is 9.47 Å². The summed E-state index contributed by atoms with van der Waals surface area (Å²) in [6.45, 7) is 5.47. The molecule has 0 spiro atoms. The summed E-state index contributed by atoms with van der Waals surface area (Å²) in [7, 11) is 0. The van der Waals surface area contributed by atoms with Gasteiger partial charge in [-0.1, -0.05) is 0 Å². The summed E-state index contributed by atoms with van der Waals surface area (Å²) in [5.74, 6) is 0.166. The van der Waals surface area contributed by atoms with Crippen LogP contribution in [-0.4, -0.2) is 27.6 Å². The van der Waals surface area contributed by atoms with E-state index in [0.29, 0.717) is 19.1 Å². The number of aromatic nitrogens is 3. The van der Waals surface area contributed by atoms with Crippen LogP contribution in [0, 0.1) is 13.8 Å². The molecule has 23 heavy (non-hydrogen) atoms. The SMILES string of the molecule is Cc1ccc(C)n1C1CCN(c2nccc(C(F)(F)F)n2)CC1. The summed E-state index contributed by atoms with van der Waals surface area (Å²) >= 11 is 0. The third-order valence-corrected chi connectivity index (χ3v) is 4.37. The van der Waals surface area contributed by atoms with Crippen molar-refractivity contribution < 1.29 is 13.2 Å². The molecule has 0 N–H and O–H groups in total. The first-order valence-electron chi connectivity index (χ1n) is 7.66. The van der Waals surface area contributed by atoms with Crippen molar-refractivity contribution >= 4 is 5.95 Å². The zero-order valence-electron chi connectivity index (χ0n) is 13.1. The van der Waals surface area contributed by atoms with E-state index in [1.807, 2.05) is 4.90 Å². The van der Waals surface area contributed by atoms with E-state index in [-0.39, 0.29) is 5.95 Å². The molecule has 0 radical (unpaired) electrons. The van der Waals surface area contributed by atoms with Crippen molar-refractivity contribution in [1.29, 1.82) is 0 Å². The lowest BCUT2D eigenvalue weighted by molar-refractivity contribution is -0.141. The van der Waals surface area contributed by atoms with Gasteiger partial charge in [-0.3, -0.25) is 0 Å². The van der Waals surface area contributed by atoms with Crippen molar-refractivity contribution in [2.75, 3.05) is 18.0 Å². The highest BCUT2D eigenvalue weighted by Crippen LogP contribution is 2.30. The first kappa shape index (κ1) is 15.8. The molecule has 0 aromatic carbocycles. The van der Waals surface area contributed by atoms with Crippen LogP contribution in [0.3, 0.4) is 0 Å². The molecule has 0 atom stereocenters. The fraction of sp³-hybridized carbons (Fsp3) is 0.500. The number of piperidine rings is 1. The lowest BCUT2D eigenvalue weighted by atomic mass is 10.0. The quantitative estimate of drug-likeness (QED) is 0.843. The first-order chi connectivity index (χ1) is 10.9. The maximum Gasteiger partial charge on any atom is 0.433 e. The normalized spacial score (nSPS) is 16.8. The topological polar surface area (TPSA) is 34.0 Å². The number of halogens is 3. The summed E-state index contributed by atoms with van der Waals surface area (Å²) in [5.41, 5.74) is 1.55. The molecule has 0 bridgehead atoms. The van der Waals surface area contributed by atoms with E-state index in [1.165, 1.54) is 17.6 Å². The van der Waals surface area contributed by atoms with E-state index in [2.05, 4.69) is 40.5 Å². The van der Waals surface area contributed by atoms with Crippen LogP contribution in [0.15, 0.2) is 24.4 Å². The number of anilines is 1. The van der Waals surface area contributed by atoms with Crippen molar-refractivity contribution in [3.05, 3.63) is 41.5 Å².